The minimum absolute atomic E-state index is 0.0866. The van der Waals surface area contributed by atoms with Gasteiger partial charge >= 0.3 is 6.03 Å². The van der Waals surface area contributed by atoms with Crippen molar-refractivity contribution in [1.82, 2.24) is 14.9 Å². The van der Waals surface area contributed by atoms with Crippen molar-refractivity contribution in [2.24, 2.45) is 11.8 Å². The van der Waals surface area contributed by atoms with E-state index in [2.05, 4.69) is 23.9 Å². The first-order valence-corrected chi connectivity index (χ1v) is 8.89. The lowest BCUT2D eigenvalue weighted by Crippen LogP contribution is -2.48. The van der Waals surface area contributed by atoms with Crippen LogP contribution in [0.5, 0.6) is 0 Å². The first-order chi connectivity index (χ1) is 9.21. The van der Waals surface area contributed by atoms with Crippen LogP contribution in [0.25, 0.3) is 0 Å². The Kier molecular flexibility index (Phi) is 6.26. The first kappa shape index (κ1) is 17.2. The Labute approximate surface area is 122 Å². The fourth-order valence-corrected chi connectivity index (χ4v) is 3.48. The second-order valence-corrected chi connectivity index (χ2v) is 7.89. The molecule has 1 fully saturated rings. The lowest BCUT2D eigenvalue weighted by molar-refractivity contribution is 0.145. The molecule has 1 rings (SSSR count). The maximum Gasteiger partial charge on any atom is 0.317 e. The third-order valence-electron chi connectivity index (χ3n) is 3.68. The number of urea groups is 1. The Morgan fingerprint density at radius 3 is 2.50 bits per heavy atom. The largest absolute Gasteiger partial charge is 0.337 e. The molecule has 0 unspecified atom stereocenters. The van der Waals surface area contributed by atoms with Gasteiger partial charge in [-0.15, -0.1) is 0 Å². The summed E-state index contributed by atoms with van der Waals surface area (Å²) in [4.78, 5) is 13.7. The third-order valence-corrected chi connectivity index (χ3v) is 5.26. The number of hydrogen-bond donors (Lipinski definition) is 2. The Bertz CT molecular complexity index is 423. The van der Waals surface area contributed by atoms with Gasteiger partial charge in [-0.2, -0.15) is 0 Å². The minimum atomic E-state index is -3.31. The van der Waals surface area contributed by atoms with Gasteiger partial charge in [0, 0.05) is 25.7 Å². The minimum Gasteiger partial charge on any atom is -0.337 e. The van der Waals surface area contributed by atoms with E-state index in [9.17, 15) is 13.2 Å². The van der Waals surface area contributed by atoms with Crippen molar-refractivity contribution in [3.63, 3.8) is 0 Å². The summed E-state index contributed by atoms with van der Waals surface area (Å²) in [5.41, 5.74) is 0. The van der Waals surface area contributed by atoms with E-state index in [1.807, 2.05) is 0 Å². The fraction of sp³-hybridized carbons (Fsp3) is 0.923. The fourth-order valence-electron chi connectivity index (χ4n) is 2.27. The highest BCUT2D eigenvalue weighted by molar-refractivity contribution is 7.89. The second-order valence-electron chi connectivity index (χ2n) is 6.01. The third kappa shape index (κ3) is 5.66. The zero-order chi connectivity index (χ0) is 15.3. The summed E-state index contributed by atoms with van der Waals surface area (Å²) < 4.78 is 25.7. The molecule has 0 saturated carbocycles. The molecule has 2 N–H and O–H groups in total. The SMILES string of the molecule is CC(C)NS(=O)(=O)CCNC(=O)N1CC[C@@H](C)[C@H](C)C1. The van der Waals surface area contributed by atoms with Crippen LogP contribution in [0.4, 0.5) is 4.79 Å². The average Bonchev–Trinajstić information content (AvgIpc) is 2.30. The zero-order valence-corrected chi connectivity index (χ0v) is 13.7. The summed E-state index contributed by atoms with van der Waals surface area (Å²) in [7, 11) is -3.31. The maximum absolute atomic E-state index is 12.0. The van der Waals surface area contributed by atoms with Crippen molar-refractivity contribution >= 4 is 16.1 Å². The molecule has 0 aromatic carbocycles. The van der Waals surface area contributed by atoms with Crippen LogP contribution in [0.1, 0.15) is 34.1 Å². The van der Waals surface area contributed by atoms with E-state index in [-0.39, 0.29) is 24.4 Å². The molecule has 0 bridgehead atoms. The smallest absolute Gasteiger partial charge is 0.317 e. The van der Waals surface area contributed by atoms with Crippen molar-refractivity contribution in [2.75, 3.05) is 25.4 Å². The molecule has 118 valence electrons. The quantitative estimate of drug-likeness (QED) is 0.795. The Balaban J connectivity index is 2.34. The van der Waals surface area contributed by atoms with Crippen molar-refractivity contribution in [3.05, 3.63) is 0 Å². The number of nitrogens with one attached hydrogen (secondary N) is 2. The molecule has 1 saturated heterocycles. The van der Waals surface area contributed by atoms with Crippen LogP contribution in [-0.2, 0) is 10.0 Å². The maximum atomic E-state index is 12.0. The molecule has 0 aliphatic carbocycles. The van der Waals surface area contributed by atoms with Gasteiger partial charge in [0.25, 0.3) is 0 Å². The monoisotopic (exact) mass is 305 g/mol. The predicted molar refractivity (Wildman–Crippen MR) is 80.0 cm³/mol. The summed E-state index contributed by atoms with van der Waals surface area (Å²) in [5, 5.41) is 2.68. The van der Waals surface area contributed by atoms with Crippen LogP contribution >= 0.6 is 0 Å². The highest BCUT2D eigenvalue weighted by Crippen LogP contribution is 2.22. The molecule has 0 radical (unpaired) electrons. The Morgan fingerprint density at radius 2 is 1.95 bits per heavy atom. The normalized spacial score (nSPS) is 23.9. The topological polar surface area (TPSA) is 78.5 Å². The van der Waals surface area contributed by atoms with E-state index in [0.717, 1.165) is 19.5 Å². The summed E-state index contributed by atoms with van der Waals surface area (Å²) in [6, 6.07) is -0.288. The Morgan fingerprint density at radius 1 is 1.30 bits per heavy atom. The second kappa shape index (κ2) is 7.26. The molecule has 6 nitrogen and oxygen atoms in total. The van der Waals surface area contributed by atoms with Crippen LogP contribution in [0.15, 0.2) is 0 Å². The van der Waals surface area contributed by atoms with E-state index in [0.29, 0.717) is 11.8 Å². The lowest BCUT2D eigenvalue weighted by Gasteiger charge is -2.35. The highest BCUT2D eigenvalue weighted by atomic mass is 32.2. The molecule has 20 heavy (non-hydrogen) atoms. The van der Waals surface area contributed by atoms with Gasteiger partial charge in [0.15, 0.2) is 0 Å². The molecule has 2 amide bonds. The predicted octanol–water partition coefficient (Wildman–Crippen LogP) is 1.00. The van der Waals surface area contributed by atoms with Gasteiger partial charge in [-0.3, -0.25) is 0 Å². The van der Waals surface area contributed by atoms with Gasteiger partial charge in [-0.05, 0) is 32.1 Å². The number of rotatable bonds is 5. The molecule has 1 heterocycles. The number of amides is 2. The van der Waals surface area contributed by atoms with Crippen molar-refractivity contribution < 1.29 is 13.2 Å². The number of piperidine rings is 1. The average molecular weight is 305 g/mol. The molecule has 1 aliphatic rings. The lowest BCUT2D eigenvalue weighted by atomic mass is 9.89. The number of hydrogen-bond acceptors (Lipinski definition) is 3. The van der Waals surface area contributed by atoms with Crippen molar-refractivity contribution in [1.29, 1.82) is 0 Å². The number of carbonyl (C=O) groups excluding carboxylic acids is 1. The summed E-state index contributed by atoms with van der Waals surface area (Å²) in [5.74, 6) is 1.03. The van der Waals surface area contributed by atoms with Gasteiger partial charge in [0.1, 0.15) is 0 Å². The van der Waals surface area contributed by atoms with Gasteiger partial charge in [0.2, 0.25) is 10.0 Å². The number of nitrogens with zero attached hydrogens (tertiary/aromatic N) is 1. The first-order valence-electron chi connectivity index (χ1n) is 7.24. The van der Waals surface area contributed by atoms with E-state index in [4.69, 9.17) is 0 Å². The van der Waals surface area contributed by atoms with E-state index in [1.54, 1.807) is 18.7 Å². The summed E-state index contributed by atoms with van der Waals surface area (Å²) in [6.07, 6.45) is 1.00. The van der Waals surface area contributed by atoms with Gasteiger partial charge < -0.3 is 10.2 Å². The van der Waals surface area contributed by atoms with E-state index >= 15 is 0 Å². The highest BCUT2D eigenvalue weighted by Gasteiger charge is 2.25. The van der Waals surface area contributed by atoms with Crippen molar-refractivity contribution in [2.45, 2.75) is 40.2 Å². The van der Waals surface area contributed by atoms with E-state index in [1.165, 1.54) is 0 Å². The van der Waals surface area contributed by atoms with E-state index < -0.39 is 10.0 Å². The van der Waals surface area contributed by atoms with Gasteiger partial charge in [-0.1, -0.05) is 13.8 Å². The molecule has 0 aromatic heterocycles. The molecular weight excluding hydrogens is 278 g/mol. The van der Waals surface area contributed by atoms with Crippen LogP contribution < -0.4 is 10.0 Å². The molecule has 2 atom stereocenters. The zero-order valence-electron chi connectivity index (χ0n) is 12.8. The van der Waals surface area contributed by atoms with Crippen LogP contribution in [-0.4, -0.2) is 50.8 Å². The summed E-state index contributed by atoms with van der Waals surface area (Å²) >= 11 is 0. The van der Waals surface area contributed by atoms with Gasteiger partial charge in [-0.25, -0.2) is 17.9 Å². The van der Waals surface area contributed by atoms with Crippen LogP contribution in [0, 0.1) is 11.8 Å². The standard InChI is InChI=1S/C13H27N3O3S/c1-10(2)15-20(18,19)8-6-14-13(17)16-7-5-11(3)12(4)9-16/h10-12,15H,5-9H2,1-4H3,(H,14,17)/t11-,12-/m1/s1. The summed E-state index contributed by atoms with van der Waals surface area (Å²) in [6.45, 7) is 9.50. The Hall–Kier alpha value is -0.820. The van der Waals surface area contributed by atoms with Crippen LogP contribution in [0.2, 0.25) is 0 Å². The number of carbonyl (C=O) groups is 1. The molecule has 1 aliphatic heterocycles. The molecule has 0 spiro atoms. The number of sulfonamides is 1. The van der Waals surface area contributed by atoms with Crippen LogP contribution in [0.3, 0.4) is 0 Å². The molecule has 7 heteroatoms. The molecule has 0 aromatic rings. The molecular formula is C13H27N3O3S. The number of likely N-dealkylation sites (tertiary alicyclic amines) is 1. The van der Waals surface area contributed by atoms with Crippen molar-refractivity contribution in [3.8, 4) is 0 Å². The van der Waals surface area contributed by atoms with Gasteiger partial charge in [0.05, 0.1) is 5.75 Å².